The van der Waals surface area contributed by atoms with E-state index in [-0.39, 0.29) is 104 Å². The molecular weight excluding hydrogens is 1060 g/mol. The second-order valence-corrected chi connectivity index (χ2v) is 17.1. The highest BCUT2D eigenvalue weighted by Crippen LogP contribution is 2.12. The Hall–Kier alpha value is -7.46. The second kappa shape index (κ2) is 42.5. The van der Waals surface area contributed by atoms with E-state index in [1.165, 1.54) is 27.7 Å². The molecule has 0 heterocycles. The first kappa shape index (κ1) is 72.5. The van der Waals surface area contributed by atoms with E-state index in [0.29, 0.717) is 0 Å². The Morgan fingerprint density at radius 2 is 0.487 bits per heavy atom. The maximum Gasteiger partial charge on any atom is 0.328 e. The molecule has 0 fully saturated rings. The Morgan fingerprint density at radius 1 is 0.275 bits per heavy atom. The van der Waals surface area contributed by atoms with Crippen molar-refractivity contribution >= 4 is 83.2 Å². The fraction of sp³-hybridized carbons (Fsp3) is 0.725. The lowest BCUT2D eigenvalue weighted by atomic mass is 10.0. The van der Waals surface area contributed by atoms with Gasteiger partial charge in [0.05, 0.1) is 58.9 Å². The zero-order chi connectivity index (χ0) is 60.6. The van der Waals surface area contributed by atoms with Crippen LogP contribution in [0, 0.1) is 0 Å². The summed E-state index contributed by atoms with van der Waals surface area (Å²) in [7, 11) is 0. The van der Waals surface area contributed by atoms with Gasteiger partial charge >= 0.3 is 47.8 Å². The summed E-state index contributed by atoms with van der Waals surface area (Å²) in [6, 6.07) is -10.4. The zero-order valence-corrected chi connectivity index (χ0v) is 47.2. The molecule has 0 saturated carbocycles. The Bertz CT molecular complexity index is 2060. The molecule has 80 heavy (non-hydrogen) atoms. The maximum atomic E-state index is 13.9. The van der Waals surface area contributed by atoms with Gasteiger partial charge in [-0.3, -0.25) is 47.9 Å². The maximum absolute atomic E-state index is 13.9. The average molecular weight is 1150 g/mol. The van der Waals surface area contributed by atoms with E-state index in [9.17, 15) is 67.1 Å². The van der Waals surface area contributed by atoms with Crippen LogP contribution < -0.4 is 37.6 Å². The largest absolute Gasteiger partial charge is 0.466 e. The summed E-state index contributed by atoms with van der Waals surface area (Å²) in [6.07, 6.45) is -5.34. The van der Waals surface area contributed by atoms with Gasteiger partial charge in [-0.2, -0.15) is 0 Å². The van der Waals surface area contributed by atoms with Crippen LogP contribution in [-0.2, 0) is 105 Å². The molecular formula is C51H83N7O22. The van der Waals surface area contributed by atoms with Gasteiger partial charge < -0.3 is 75.5 Å². The molecule has 0 rings (SSSR count). The smallest absolute Gasteiger partial charge is 0.328 e. The first-order chi connectivity index (χ1) is 38.0. The monoisotopic (exact) mass is 1150 g/mol. The van der Waals surface area contributed by atoms with Crippen molar-refractivity contribution in [1.82, 2.24) is 31.9 Å². The summed E-state index contributed by atoms with van der Waals surface area (Å²) in [5, 5.41) is 14.6. The van der Waals surface area contributed by atoms with Crippen LogP contribution >= 0.6 is 0 Å². The minimum absolute atomic E-state index is 0.0290. The third-order valence-corrected chi connectivity index (χ3v) is 11.0. The summed E-state index contributed by atoms with van der Waals surface area (Å²) in [5.74, 6) is -12.0. The number of nitrogens with two attached hydrogens (primary N) is 1. The van der Waals surface area contributed by atoms with Gasteiger partial charge in [0, 0.05) is 44.9 Å². The predicted octanol–water partition coefficient (Wildman–Crippen LogP) is -0.811. The number of hydrogen-bond donors (Lipinski definition) is 7. The van der Waals surface area contributed by atoms with Crippen LogP contribution in [0.15, 0.2) is 0 Å². The molecule has 6 amide bonds. The molecule has 29 heteroatoms. The summed E-state index contributed by atoms with van der Waals surface area (Å²) in [5.41, 5.74) is 6.22. The molecule has 8 N–H and O–H groups in total. The molecule has 0 aliphatic carbocycles. The summed E-state index contributed by atoms with van der Waals surface area (Å²) >= 11 is 0. The van der Waals surface area contributed by atoms with Crippen molar-refractivity contribution in [2.75, 3.05) is 52.9 Å². The fourth-order valence-corrected chi connectivity index (χ4v) is 7.08. The SMILES string of the molecule is CCOC(=O)CCC(NC(=O)CCC(NC(=O)CCC(N)C(=O)NC(CCC(=O)NC(CCC(=O)OCC)C(=O)OCC)C(=O)NC(CCC(=O)OCC)C(=O)OCC)C(=O)NC(CCC(=O)OCC)C(=O)OCC)C(=O)OCC. The third kappa shape index (κ3) is 31.8. The number of carbonyl (C=O) groups is 14. The third-order valence-electron chi connectivity index (χ3n) is 11.0. The first-order valence-corrected chi connectivity index (χ1v) is 26.9. The molecule has 7 atom stereocenters. The van der Waals surface area contributed by atoms with Gasteiger partial charge in [0.15, 0.2) is 0 Å². The number of nitrogens with one attached hydrogen (secondary N) is 6. The Labute approximate surface area is 465 Å². The number of carbonyl (C=O) groups excluding carboxylic acids is 14. The van der Waals surface area contributed by atoms with Crippen LogP contribution in [0.1, 0.15) is 145 Å². The van der Waals surface area contributed by atoms with Gasteiger partial charge in [0.2, 0.25) is 35.4 Å². The van der Waals surface area contributed by atoms with Crippen molar-refractivity contribution in [2.45, 2.75) is 188 Å². The van der Waals surface area contributed by atoms with E-state index in [1.54, 1.807) is 27.7 Å². The molecule has 0 saturated heterocycles. The quantitative estimate of drug-likeness (QED) is 0.0290. The fourth-order valence-electron chi connectivity index (χ4n) is 7.08. The molecule has 0 aliphatic heterocycles. The van der Waals surface area contributed by atoms with Crippen LogP contribution in [-0.4, -0.2) is 178 Å². The molecule has 0 aromatic heterocycles. The van der Waals surface area contributed by atoms with Crippen LogP contribution in [0.4, 0.5) is 0 Å². The standard InChI is InChI=1S/C51H83N7O22/c1-9-73-41(62)27-20-34(48(69)77-13-5)54-39(60)25-18-32(46(67)57-36(50(71)79-15-7)22-29-43(64)75-11-3)53-38(59)24-17-31(52)45(66)56-33(47(68)58-37(51(72)80-16-8)23-30-44(65)76-12-4)19-26-40(61)55-35(49(70)78-14-6)21-28-42(63)74-10-2/h31-37H,9-30,52H2,1-8H3,(H,53,59)(H,54,60)(H,55,61)(H,56,66)(H,57,67)(H,58,68). The van der Waals surface area contributed by atoms with E-state index in [4.69, 9.17) is 43.6 Å². The van der Waals surface area contributed by atoms with Gasteiger partial charge in [-0.25, -0.2) is 19.2 Å². The molecule has 454 valence electrons. The lowest BCUT2D eigenvalue weighted by Crippen LogP contribution is -2.55. The van der Waals surface area contributed by atoms with Crippen LogP contribution in [0.5, 0.6) is 0 Å². The van der Waals surface area contributed by atoms with Crippen molar-refractivity contribution in [3.8, 4) is 0 Å². The molecule has 0 aliphatic rings. The zero-order valence-electron chi connectivity index (χ0n) is 47.2. The van der Waals surface area contributed by atoms with Crippen molar-refractivity contribution in [3.63, 3.8) is 0 Å². The molecule has 0 aromatic rings. The van der Waals surface area contributed by atoms with E-state index >= 15 is 0 Å². The molecule has 0 aromatic carbocycles. The Morgan fingerprint density at radius 3 is 0.762 bits per heavy atom. The van der Waals surface area contributed by atoms with Gasteiger partial charge in [-0.15, -0.1) is 0 Å². The van der Waals surface area contributed by atoms with E-state index in [0.717, 1.165) is 0 Å². The summed E-state index contributed by atoms with van der Waals surface area (Å²) in [4.78, 5) is 182. The van der Waals surface area contributed by atoms with Crippen LogP contribution in [0.25, 0.3) is 0 Å². The van der Waals surface area contributed by atoms with Crippen molar-refractivity contribution in [2.24, 2.45) is 5.73 Å². The first-order valence-electron chi connectivity index (χ1n) is 26.9. The Kier molecular flexibility index (Phi) is 38.5. The number of hydrogen-bond acceptors (Lipinski definition) is 23. The van der Waals surface area contributed by atoms with Crippen molar-refractivity contribution in [3.05, 3.63) is 0 Å². The molecule has 0 bridgehead atoms. The summed E-state index contributed by atoms with van der Waals surface area (Å²) < 4.78 is 39.9. The lowest BCUT2D eigenvalue weighted by Gasteiger charge is -2.24. The van der Waals surface area contributed by atoms with Gasteiger partial charge in [0.25, 0.3) is 0 Å². The minimum atomic E-state index is -1.66. The average Bonchev–Trinajstić information content (AvgIpc) is 3.40. The highest BCUT2D eigenvalue weighted by Gasteiger charge is 2.33. The van der Waals surface area contributed by atoms with Crippen LogP contribution in [0.2, 0.25) is 0 Å². The van der Waals surface area contributed by atoms with E-state index in [1.807, 2.05) is 0 Å². The lowest BCUT2D eigenvalue weighted by molar-refractivity contribution is -0.150. The number of rotatable bonds is 42. The van der Waals surface area contributed by atoms with Gasteiger partial charge in [0.1, 0.15) is 36.3 Å². The van der Waals surface area contributed by atoms with Crippen molar-refractivity contribution < 1.29 is 105 Å². The van der Waals surface area contributed by atoms with Gasteiger partial charge in [-0.1, -0.05) is 0 Å². The summed E-state index contributed by atoms with van der Waals surface area (Å²) in [6.45, 7) is 12.2. The molecule has 0 radical (unpaired) electrons. The number of amides is 6. The molecule has 29 nitrogen and oxygen atoms in total. The van der Waals surface area contributed by atoms with E-state index in [2.05, 4.69) is 31.9 Å². The van der Waals surface area contributed by atoms with Crippen LogP contribution in [0.3, 0.4) is 0 Å². The van der Waals surface area contributed by atoms with Crippen molar-refractivity contribution in [1.29, 1.82) is 0 Å². The van der Waals surface area contributed by atoms with Gasteiger partial charge in [-0.05, 0) is 100 Å². The minimum Gasteiger partial charge on any atom is -0.466 e. The predicted molar refractivity (Wildman–Crippen MR) is 277 cm³/mol. The highest BCUT2D eigenvalue weighted by atomic mass is 16.6. The second-order valence-electron chi connectivity index (χ2n) is 17.1. The van der Waals surface area contributed by atoms with E-state index < -0.39 is 164 Å². The molecule has 7 unspecified atom stereocenters. The highest BCUT2D eigenvalue weighted by molar-refractivity contribution is 5.94. The normalized spacial score (nSPS) is 13.3. The Balaban J connectivity index is 6.72. The number of esters is 8. The molecule has 0 spiro atoms. The topological polar surface area (TPSA) is 411 Å². The number of ether oxygens (including phenoxy) is 8.